The Hall–Kier alpha value is -3.92. The van der Waals surface area contributed by atoms with Crippen LogP contribution < -0.4 is 14.8 Å². The van der Waals surface area contributed by atoms with Crippen LogP contribution in [0.15, 0.2) is 65.6 Å². The van der Waals surface area contributed by atoms with Crippen LogP contribution in [0.3, 0.4) is 0 Å². The number of sulfonamides is 1. The molecule has 2 N–H and O–H groups in total. The number of non-ortho nitro benzene ring substituents is 1. The third-order valence-electron chi connectivity index (χ3n) is 5.42. The first-order valence-corrected chi connectivity index (χ1v) is 11.6. The predicted molar refractivity (Wildman–Crippen MR) is 123 cm³/mol. The molecule has 0 saturated heterocycles. The molecule has 0 aromatic heterocycles. The van der Waals surface area contributed by atoms with Crippen LogP contribution in [0.5, 0.6) is 5.75 Å². The van der Waals surface area contributed by atoms with Gasteiger partial charge < -0.3 is 10.1 Å². The first kappa shape index (κ1) is 22.3. The van der Waals surface area contributed by atoms with Crippen molar-refractivity contribution in [2.75, 3.05) is 17.1 Å². The minimum atomic E-state index is -4.08. The molecule has 0 aliphatic heterocycles. The van der Waals surface area contributed by atoms with Gasteiger partial charge >= 0.3 is 0 Å². The summed E-state index contributed by atoms with van der Waals surface area (Å²) >= 11 is 0. The second kappa shape index (κ2) is 8.91. The molecular formula is C23H21N3O6S. The molecular weight excluding hydrogens is 446 g/mol. The van der Waals surface area contributed by atoms with E-state index >= 15 is 0 Å². The molecule has 0 fully saturated rings. The summed E-state index contributed by atoms with van der Waals surface area (Å²) in [4.78, 5) is 22.9. The number of nitrogens with one attached hydrogen (secondary N) is 2. The van der Waals surface area contributed by atoms with E-state index in [1.807, 2.05) is 18.2 Å². The predicted octanol–water partition coefficient (Wildman–Crippen LogP) is 4.15. The monoisotopic (exact) mass is 467 g/mol. The summed E-state index contributed by atoms with van der Waals surface area (Å²) < 4.78 is 33.0. The Morgan fingerprint density at radius 2 is 1.73 bits per heavy atom. The standard InChI is InChI=1S/C23H21N3O6S/c1-32-22-12-9-19(26(28)29)14-21(22)25-33(30,31)20-10-6-16(7-11-20)23(27)24-18-8-5-15-3-2-4-17(15)13-18/h5-14,25H,2-4H2,1H3,(H,24,27). The Morgan fingerprint density at radius 1 is 1.00 bits per heavy atom. The molecule has 1 aliphatic rings. The quantitative estimate of drug-likeness (QED) is 0.397. The van der Waals surface area contributed by atoms with Gasteiger partial charge in [0.1, 0.15) is 5.75 Å². The van der Waals surface area contributed by atoms with E-state index in [0.717, 1.165) is 25.3 Å². The summed E-state index contributed by atoms with van der Waals surface area (Å²) in [6, 6.07) is 14.8. The molecule has 1 aliphatic carbocycles. The van der Waals surface area contributed by atoms with Crippen molar-refractivity contribution in [3.8, 4) is 5.75 Å². The average Bonchev–Trinajstić information content (AvgIpc) is 3.26. The van der Waals surface area contributed by atoms with Crippen LogP contribution in [-0.4, -0.2) is 26.4 Å². The van der Waals surface area contributed by atoms with Gasteiger partial charge in [-0.2, -0.15) is 0 Å². The highest BCUT2D eigenvalue weighted by molar-refractivity contribution is 7.92. The fourth-order valence-corrected chi connectivity index (χ4v) is 4.79. The molecule has 0 spiro atoms. The van der Waals surface area contributed by atoms with E-state index in [2.05, 4.69) is 10.0 Å². The number of ether oxygens (including phenoxy) is 1. The number of carbonyl (C=O) groups is 1. The van der Waals surface area contributed by atoms with Gasteiger partial charge in [0.05, 0.1) is 22.6 Å². The number of benzene rings is 3. The molecule has 10 heteroatoms. The minimum absolute atomic E-state index is 0.0647. The molecule has 4 rings (SSSR count). The van der Waals surface area contributed by atoms with Crippen LogP contribution >= 0.6 is 0 Å². The number of rotatable bonds is 7. The Kier molecular flexibility index (Phi) is 6.01. The highest BCUT2D eigenvalue weighted by Gasteiger charge is 2.20. The molecule has 9 nitrogen and oxygen atoms in total. The minimum Gasteiger partial charge on any atom is -0.495 e. The molecule has 0 heterocycles. The van der Waals surface area contributed by atoms with Gasteiger partial charge in [0.15, 0.2) is 0 Å². The number of amides is 1. The molecule has 0 bridgehead atoms. The third-order valence-corrected chi connectivity index (χ3v) is 6.80. The maximum atomic E-state index is 12.8. The van der Waals surface area contributed by atoms with Crippen molar-refractivity contribution in [3.63, 3.8) is 0 Å². The van der Waals surface area contributed by atoms with Gasteiger partial charge in [-0.05, 0) is 72.9 Å². The van der Waals surface area contributed by atoms with Gasteiger partial charge in [-0.25, -0.2) is 8.42 Å². The summed E-state index contributed by atoms with van der Waals surface area (Å²) in [5.41, 5.74) is 3.17. The Bertz CT molecular complexity index is 1340. The van der Waals surface area contributed by atoms with Crippen molar-refractivity contribution in [1.29, 1.82) is 0 Å². The van der Waals surface area contributed by atoms with Crippen LogP contribution in [-0.2, 0) is 22.9 Å². The highest BCUT2D eigenvalue weighted by atomic mass is 32.2. The lowest BCUT2D eigenvalue weighted by atomic mass is 10.1. The Balaban J connectivity index is 1.51. The van der Waals surface area contributed by atoms with Crippen LogP contribution in [0, 0.1) is 10.1 Å². The molecule has 0 atom stereocenters. The number of carbonyl (C=O) groups excluding carboxylic acids is 1. The zero-order chi connectivity index (χ0) is 23.6. The van der Waals surface area contributed by atoms with E-state index in [1.54, 1.807) is 0 Å². The number of nitro groups is 1. The van der Waals surface area contributed by atoms with Gasteiger partial charge in [0.2, 0.25) is 0 Å². The number of hydrogen-bond donors (Lipinski definition) is 2. The van der Waals surface area contributed by atoms with Crippen molar-refractivity contribution in [2.24, 2.45) is 0 Å². The zero-order valence-electron chi connectivity index (χ0n) is 17.7. The van der Waals surface area contributed by atoms with Gasteiger partial charge in [-0.3, -0.25) is 19.6 Å². The summed E-state index contributed by atoms with van der Waals surface area (Å²) in [7, 11) is -2.75. The van der Waals surface area contributed by atoms with E-state index in [-0.39, 0.29) is 27.9 Å². The van der Waals surface area contributed by atoms with Crippen molar-refractivity contribution >= 4 is 33.0 Å². The van der Waals surface area contributed by atoms with E-state index in [4.69, 9.17) is 4.74 Å². The molecule has 3 aromatic carbocycles. The lowest BCUT2D eigenvalue weighted by molar-refractivity contribution is -0.384. The lowest BCUT2D eigenvalue weighted by Crippen LogP contribution is -2.15. The summed E-state index contributed by atoms with van der Waals surface area (Å²) in [6.45, 7) is 0. The van der Waals surface area contributed by atoms with Crippen LogP contribution in [0.2, 0.25) is 0 Å². The molecule has 1 amide bonds. The van der Waals surface area contributed by atoms with Crippen molar-refractivity contribution in [3.05, 3.63) is 87.5 Å². The Labute approximate surface area is 190 Å². The maximum Gasteiger partial charge on any atom is 0.271 e. The van der Waals surface area contributed by atoms with Crippen LogP contribution in [0.4, 0.5) is 17.1 Å². The van der Waals surface area contributed by atoms with Crippen molar-refractivity contribution in [1.82, 2.24) is 0 Å². The highest BCUT2D eigenvalue weighted by Crippen LogP contribution is 2.31. The molecule has 170 valence electrons. The van der Waals surface area contributed by atoms with E-state index < -0.39 is 14.9 Å². The fraction of sp³-hybridized carbons (Fsp3) is 0.174. The first-order valence-electron chi connectivity index (χ1n) is 10.2. The number of hydrogen-bond acceptors (Lipinski definition) is 6. The van der Waals surface area contributed by atoms with Crippen LogP contribution in [0.25, 0.3) is 0 Å². The zero-order valence-corrected chi connectivity index (χ0v) is 18.5. The van der Waals surface area contributed by atoms with E-state index in [1.165, 1.54) is 54.6 Å². The average molecular weight is 468 g/mol. The fourth-order valence-electron chi connectivity index (χ4n) is 3.73. The second-order valence-electron chi connectivity index (χ2n) is 7.56. The molecule has 0 radical (unpaired) electrons. The number of anilines is 2. The molecule has 3 aromatic rings. The molecule has 0 saturated carbocycles. The number of aryl methyl sites for hydroxylation is 2. The topological polar surface area (TPSA) is 128 Å². The summed E-state index contributed by atoms with van der Waals surface area (Å²) in [6.07, 6.45) is 3.16. The van der Waals surface area contributed by atoms with E-state index in [0.29, 0.717) is 11.3 Å². The molecule has 0 unspecified atom stereocenters. The first-order chi connectivity index (χ1) is 15.8. The van der Waals surface area contributed by atoms with Gasteiger partial charge in [-0.1, -0.05) is 6.07 Å². The summed E-state index contributed by atoms with van der Waals surface area (Å²) in [5.74, 6) is -0.222. The van der Waals surface area contributed by atoms with Gasteiger partial charge in [0.25, 0.3) is 21.6 Å². The maximum absolute atomic E-state index is 12.8. The number of nitro benzene ring substituents is 1. The number of nitrogens with zero attached hydrogens (tertiary/aromatic N) is 1. The smallest absolute Gasteiger partial charge is 0.271 e. The van der Waals surface area contributed by atoms with Crippen molar-refractivity contribution in [2.45, 2.75) is 24.2 Å². The van der Waals surface area contributed by atoms with Crippen LogP contribution in [0.1, 0.15) is 27.9 Å². The number of fused-ring (bicyclic) bond motifs is 1. The largest absolute Gasteiger partial charge is 0.495 e. The van der Waals surface area contributed by atoms with Crippen molar-refractivity contribution < 1.29 is 22.9 Å². The van der Waals surface area contributed by atoms with E-state index in [9.17, 15) is 23.3 Å². The summed E-state index contributed by atoms with van der Waals surface area (Å²) in [5, 5.41) is 13.9. The van der Waals surface area contributed by atoms with Gasteiger partial charge in [0, 0.05) is 23.4 Å². The van der Waals surface area contributed by atoms with Gasteiger partial charge in [-0.15, -0.1) is 0 Å². The SMILES string of the molecule is COc1ccc([N+](=O)[O-])cc1NS(=O)(=O)c1ccc(C(=O)Nc2ccc3c(c2)CCC3)cc1. The molecule has 33 heavy (non-hydrogen) atoms. The second-order valence-corrected chi connectivity index (χ2v) is 9.25. The third kappa shape index (κ3) is 4.80. The lowest BCUT2D eigenvalue weighted by Gasteiger charge is -2.12. The normalized spacial score (nSPS) is 12.6. The Morgan fingerprint density at radius 3 is 2.42 bits per heavy atom. The number of methoxy groups -OCH3 is 1.